The standard InChI is InChI=1S/C11H24N2O2/c1-13(2)6-9-14-8-5-12-10-11-4-3-7-15-11/h11-12H,3-10H2,1-2H3. The quantitative estimate of drug-likeness (QED) is 0.593. The predicted molar refractivity (Wildman–Crippen MR) is 61.2 cm³/mol. The Kier molecular flexibility index (Phi) is 6.92. The summed E-state index contributed by atoms with van der Waals surface area (Å²) < 4.78 is 11.0. The van der Waals surface area contributed by atoms with Gasteiger partial charge in [-0.25, -0.2) is 0 Å². The van der Waals surface area contributed by atoms with E-state index in [1.807, 2.05) is 0 Å². The normalized spacial score (nSPS) is 21.4. The molecular weight excluding hydrogens is 192 g/mol. The van der Waals surface area contributed by atoms with Crippen molar-refractivity contribution in [2.75, 3.05) is 53.6 Å². The maximum absolute atomic E-state index is 5.50. The molecule has 1 fully saturated rings. The molecule has 1 N–H and O–H groups in total. The average molecular weight is 216 g/mol. The minimum absolute atomic E-state index is 0.437. The van der Waals surface area contributed by atoms with Gasteiger partial charge in [0, 0.05) is 26.2 Å². The summed E-state index contributed by atoms with van der Waals surface area (Å²) in [4.78, 5) is 2.12. The second-order valence-corrected chi connectivity index (χ2v) is 4.25. The molecular formula is C11H24N2O2. The summed E-state index contributed by atoms with van der Waals surface area (Å²) in [5, 5.41) is 3.35. The van der Waals surface area contributed by atoms with Crippen molar-refractivity contribution in [2.24, 2.45) is 0 Å². The van der Waals surface area contributed by atoms with Gasteiger partial charge >= 0.3 is 0 Å². The van der Waals surface area contributed by atoms with E-state index in [4.69, 9.17) is 9.47 Å². The van der Waals surface area contributed by atoms with Crippen LogP contribution in [0.5, 0.6) is 0 Å². The molecule has 0 radical (unpaired) electrons. The fraction of sp³-hybridized carbons (Fsp3) is 1.00. The molecule has 0 aromatic rings. The highest BCUT2D eigenvalue weighted by atomic mass is 16.5. The molecule has 0 bridgehead atoms. The van der Waals surface area contributed by atoms with Crippen molar-refractivity contribution >= 4 is 0 Å². The van der Waals surface area contributed by atoms with Crippen LogP contribution in [-0.4, -0.2) is 64.6 Å². The van der Waals surface area contributed by atoms with Crippen LogP contribution in [-0.2, 0) is 9.47 Å². The molecule has 0 spiro atoms. The lowest BCUT2D eigenvalue weighted by Gasteiger charge is -2.12. The van der Waals surface area contributed by atoms with Crippen molar-refractivity contribution in [3.63, 3.8) is 0 Å². The van der Waals surface area contributed by atoms with Crippen LogP contribution in [0.4, 0.5) is 0 Å². The molecule has 1 saturated heterocycles. The largest absolute Gasteiger partial charge is 0.379 e. The van der Waals surface area contributed by atoms with Crippen molar-refractivity contribution < 1.29 is 9.47 Å². The van der Waals surface area contributed by atoms with Gasteiger partial charge in [0.15, 0.2) is 0 Å². The van der Waals surface area contributed by atoms with Gasteiger partial charge < -0.3 is 19.7 Å². The zero-order valence-corrected chi connectivity index (χ0v) is 10.00. The number of nitrogens with zero attached hydrogens (tertiary/aromatic N) is 1. The molecule has 15 heavy (non-hydrogen) atoms. The zero-order chi connectivity index (χ0) is 10.9. The van der Waals surface area contributed by atoms with Gasteiger partial charge in [0.1, 0.15) is 0 Å². The summed E-state index contributed by atoms with van der Waals surface area (Å²) in [6.45, 7) is 5.43. The number of likely N-dealkylation sites (N-methyl/N-ethyl adjacent to an activating group) is 1. The Bertz CT molecular complexity index is 148. The fourth-order valence-electron chi connectivity index (χ4n) is 1.56. The van der Waals surface area contributed by atoms with Crippen LogP contribution in [0.25, 0.3) is 0 Å². The van der Waals surface area contributed by atoms with E-state index in [1.54, 1.807) is 0 Å². The Morgan fingerprint density at radius 2 is 2.27 bits per heavy atom. The zero-order valence-electron chi connectivity index (χ0n) is 10.00. The van der Waals surface area contributed by atoms with E-state index in [-0.39, 0.29) is 0 Å². The molecule has 1 atom stereocenters. The van der Waals surface area contributed by atoms with E-state index in [0.29, 0.717) is 6.10 Å². The minimum atomic E-state index is 0.437. The fourth-order valence-corrected chi connectivity index (χ4v) is 1.56. The van der Waals surface area contributed by atoms with Crippen LogP contribution in [0.15, 0.2) is 0 Å². The van der Waals surface area contributed by atoms with Crippen molar-refractivity contribution in [1.82, 2.24) is 10.2 Å². The first-order chi connectivity index (χ1) is 7.29. The van der Waals surface area contributed by atoms with Gasteiger partial charge in [-0.3, -0.25) is 0 Å². The Labute approximate surface area is 92.9 Å². The smallest absolute Gasteiger partial charge is 0.0700 e. The van der Waals surface area contributed by atoms with Crippen LogP contribution in [0.1, 0.15) is 12.8 Å². The summed E-state index contributed by atoms with van der Waals surface area (Å²) in [5.74, 6) is 0. The van der Waals surface area contributed by atoms with Crippen LogP contribution in [0.2, 0.25) is 0 Å². The molecule has 1 rings (SSSR count). The maximum atomic E-state index is 5.50. The second kappa shape index (κ2) is 8.05. The highest BCUT2D eigenvalue weighted by Crippen LogP contribution is 2.10. The van der Waals surface area contributed by atoms with Crippen LogP contribution >= 0.6 is 0 Å². The average Bonchev–Trinajstić information content (AvgIpc) is 2.68. The molecule has 0 amide bonds. The van der Waals surface area contributed by atoms with Crippen LogP contribution in [0.3, 0.4) is 0 Å². The topological polar surface area (TPSA) is 33.7 Å². The summed E-state index contributed by atoms with van der Waals surface area (Å²) in [7, 11) is 4.11. The predicted octanol–water partition coefficient (Wildman–Crippen LogP) is 0.333. The number of nitrogens with one attached hydrogen (secondary N) is 1. The monoisotopic (exact) mass is 216 g/mol. The third-order valence-electron chi connectivity index (χ3n) is 2.50. The van der Waals surface area contributed by atoms with E-state index in [2.05, 4.69) is 24.3 Å². The Hall–Kier alpha value is -0.160. The van der Waals surface area contributed by atoms with Crippen molar-refractivity contribution in [1.29, 1.82) is 0 Å². The van der Waals surface area contributed by atoms with E-state index in [1.165, 1.54) is 12.8 Å². The molecule has 0 saturated carbocycles. The molecule has 4 nitrogen and oxygen atoms in total. The highest BCUT2D eigenvalue weighted by molar-refractivity contribution is 4.66. The number of hydrogen-bond acceptors (Lipinski definition) is 4. The molecule has 1 unspecified atom stereocenters. The molecule has 0 aliphatic carbocycles. The highest BCUT2D eigenvalue weighted by Gasteiger charge is 2.13. The summed E-state index contributed by atoms with van der Waals surface area (Å²) in [6.07, 6.45) is 2.85. The molecule has 0 aromatic heterocycles. The van der Waals surface area contributed by atoms with Gasteiger partial charge in [0.05, 0.1) is 19.3 Å². The SMILES string of the molecule is CN(C)CCOCCNCC1CCCO1. The molecule has 1 heterocycles. The Morgan fingerprint density at radius 3 is 2.93 bits per heavy atom. The molecule has 4 heteroatoms. The molecule has 0 aromatic carbocycles. The molecule has 90 valence electrons. The lowest BCUT2D eigenvalue weighted by Crippen LogP contribution is -2.29. The van der Waals surface area contributed by atoms with E-state index in [0.717, 1.165) is 39.5 Å². The first-order valence-corrected chi connectivity index (χ1v) is 5.84. The summed E-state index contributed by atoms with van der Waals surface area (Å²) in [6, 6.07) is 0. The van der Waals surface area contributed by atoms with E-state index in [9.17, 15) is 0 Å². The second-order valence-electron chi connectivity index (χ2n) is 4.25. The van der Waals surface area contributed by atoms with Gasteiger partial charge in [0.2, 0.25) is 0 Å². The van der Waals surface area contributed by atoms with Gasteiger partial charge in [0.25, 0.3) is 0 Å². The molecule has 1 aliphatic heterocycles. The minimum Gasteiger partial charge on any atom is -0.379 e. The van der Waals surface area contributed by atoms with Gasteiger partial charge in [-0.15, -0.1) is 0 Å². The molecule has 1 aliphatic rings. The third kappa shape index (κ3) is 6.84. The van der Waals surface area contributed by atoms with E-state index >= 15 is 0 Å². The van der Waals surface area contributed by atoms with Crippen LogP contribution < -0.4 is 5.32 Å². The van der Waals surface area contributed by atoms with Crippen molar-refractivity contribution in [3.05, 3.63) is 0 Å². The lowest BCUT2D eigenvalue weighted by atomic mass is 10.2. The van der Waals surface area contributed by atoms with Crippen LogP contribution in [0, 0.1) is 0 Å². The van der Waals surface area contributed by atoms with Crippen molar-refractivity contribution in [3.8, 4) is 0 Å². The first kappa shape index (κ1) is 12.9. The Balaban J connectivity index is 1.76. The van der Waals surface area contributed by atoms with Gasteiger partial charge in [-0.05, 0) is 26.9 Å². The number of hydrogen-bond donors (Lipinski definition) is 1. The Morgan fingerprint density at radius 1 is 1.40 bits per heavy atom. The number of ether oxygens (including phenoxy) is 2. The summed E-state index contributed by atoms with van der Waals surface area (Å²) in [5.41, 5.74) is 0. The first-order valence-electron chi connectivity index (χ1n) is 5.84. The van der Waals surface area contributed by atoms with Gasteiger partial charge in [-0.1, -0.05) is 0 Å². The number of rotatable bonds is 8. The summed E-state index contributed by atoms with van der Waals surface area (Å²) >= 11 is 0. The van der Waals surface area contributed by atoms with Gasteiger partial charge in [-0.2, -0.15) is 0 Å². The van der Waals surface area contributed by atoms with Crippen molar-refractivity contribution in [2.45, 2.75) is 18.9 Å². The lowest BCUT2D eigenvalue weighted by molar-refractivity contribution is 0.0983. The third-order valence-corrected chi connectivity index (χ3v) is 2.50. The maximum Gasteiger partial charge on any atom is 0.0700 e. The van der Waals surface area contributed by atoms with E-state index < -0.39 is 0 Å².